The molecule has 0 unspecified atom stereocenters. The lowest BCUT2D eigenvalue weighted by Gasteiger charge is -2.18. The topological polar surface area (TPSA) is 49.4 Å². The molecule has 2 rings (SSSR count). The van der Waals surface area contributed by atoms with Crippen LogP contribution in [0.1, 0.15) is 26.3 Å². The van der Waals surface area contributed by atoms with Crippen LogP contribution >= 0.6 is 11.6 Å². The van der Waals surface area contributed by atoms with Crippen LogP contribution in [0, 0.1) is 5.82 Å². The molecule has 0 radical (unpaired) electrons. The molecular formula is C17H16ClFN2O2. The molecule has 4 nitrogen and oxygen atoms in total. The summed E-state index contributed by atoms with van der Waals surface area (Å²) in [5, 5.41) is 2.86. The summed E-state index contributed by atoms with van der Waals surface area (Å²) in [6.45, 7) is 0.246. The van der Waals surface area contributed by atoms with Gasteiger partial charge in [0.15, 0.2) is 0 Å². The molecule has 0 atom stereocenters. The fraction of sp³-hybridized carbons (Fsp3) is 0.176. The molecule has 23 heavy (non-hydrogen) atoms. The summed E-state index contributed by atoms with van der Waals surface area (Å²) in [7, 11) is 3.06. The van der Waals surface area contributed by atoms with Gasteiger partial charge in [0.1, 0.15) is 5.82 Å². The van der Waals surface area contributed by atoms with Gasteiger partial charge in [0, 0.05) is 31.2 Å². The van der Waals surface area contributed by atoms with Crippen molar-refractivity contribution in [1.82, 2.24) is 10.2 Å². The first-order valence-corrected chi connectivity index (χ1v) is 7.31. The molecule has 0 bridgehead atoms. The van der Waals surface area contributed by atoms with Crippen LogP contribution in [0.4, 0.5) is 4.39 Å². The zero-order valence-electron chi connectivity index (χ0n) is 12.8. The first-order chi connectivity index (χ1) is 10.9. The molecule has 0 aliphatic carbocycles. The molecular weight excluding hydrogens is 319 g/mol. The second kappa shape index (κ2) is 7.24. The normalized spacial score (nSPS) is 10.3. The summed E-state index contributed by atoms with van der Waals surface area (Å²) in [6, 6.07) is 10.8. The fourth-order valence-electron chi connectivity index (χ4n) is 2.17. The van der Waals surface area contributed by atoms with E-state index in [1.807, 2.05) is 0 Å². The van der Waals surface area contributed by atoms with Gasteiger partial charge in [0.05, 0.1) is 5.56 Å². The standard InChI is InChI=1S/C17H16ClFN2O2/c1-20-16(22)14-8-11(6-7-15(14)19)10-21(2)17(23)12-4-3-5-13(18)9-12/h3-9H,10H2,1-2H3,(H,20,22). The summed E-state index contributed by atoms with van der Waals surface area (Å²) < 4.78 is 13.7. The van der Waals surface area contributed by atoms with E-state index in [2.05, 4.69) is 5.32 Å². The number of carbonyl (C=O) groups excluding carboxylic acids is 2. The molecule has 120 valence electrons. The molecule has 0 spiro atoms. The molecule has 0 saturated heterocycles. The Bertz CT molecular complexity index is 749. The monoisotopic (exact) mass is 334 g/mol. The molecule has 1 N–H and O–H groups in total. The Morgan fingerprint density at radius 2 is 1.96 bits per heavy atom. The zero-order valence-corrected chi connectivity index (χ0v) is 13.5. The molecule has 0 heterocycles. The second-order valence-electron chi connectivity index (χ2n) is 5.06. The van der Waals surface area contributed by atoms with Crippen LogP contribution in [0.15, 0.2) is 42.5 Å². The predicted octanol–water partition coefficient (Wildman–Crippen LogP) is 3.11. The predicted molar refractivity (Wildman–Crippen MR) is 87.0 cm³/mol. The van der Waals surface area contributed by atoms with Crippen molar-refractivity contribution in [2.45, 2.75) is 6.54 Å². The van der Waals surface area contributed by atoms with Gasteiger partial charge in [0.25, 0.3) is 11.8 Å². The summed E-state index contributed by atoms with van der Waals surface area (Å²) in [5.41, 5.74) is 1.07. The van der Waals surface area contributed by atoms with E-state index in [9.17, 15) is 14.0 Å². The zero-order chi connectivity index (χ0) is 17.0. The lowest BCUT2D eigenvalue weighted by Crippen LogP contribution is -2.26. The van der Waals surface area contributed by atoms with Crippen molar-refractivity contribution in [3.63, 3.8) is 0 Å². The quantitative estimate of drug-likeness (QED) is 0.934. The van der Waals surface area contributed by atoms with Gasteiger partial charge in [-0.25, -0.2) is 4.39 Å². The SMILES string of the molecule is CNC(=O)c1cc(CN(C)C(=O)c2cccc(Cl)c2)ccc1F. The molecule has 2 aromatic carbocycles. The van der Waals surface area contributed by atoms with Crippen molar-refractivity contribution in [1.29, 1.82) is 0 Å². The Balaban J connectivity index is 2.18. The van der Waals surface area contributed by atoms with Gasteiger partial charge in [-0.1, -0.05) is 23.7 Å². The number of hydrogen-bond acceptors (Lipinski definition) is 2. The van der Waals surface area contributed by atoms with Crippen LogP contribution in [0.5, 0.6) is 0 Å². The highest BCUT2D eigenvalue weighted by atomic mass is 35.5. The maximum Gasteiger partial charge on any atom is 0.254 e. The van der Waals surface area contributed by atoms with Gasteiger partial charge in [-0.15, -0.1) is 0 Å². The third kappa shape index (κ3) is 4.07. The average molecular weight is 335 g/mol. The van der Waals surface area contributed by atoms with Crippen LogP contribution in [0.2, 0.25) is 5.02 Å². The van der Waals surface area contributed by atoms with Crippen LogP contribution in [-0.2, 0) is 6.54 Å². The van der Waals surface area contributed by atoms with Crippen molar-refractivity contribution in [3.8, 4) is 0 Å². The van der Waals surface area contributed by atoms with E-state index in [-0.39, 0.29) is 18.0 Å². The number of nitrogens with zero attached hydrogens (tertiary/aromatic N) is 1. The Morgan fingerprint density at radius 3 is 2.61 bits per heavy atom. The maximum atomic E-state index is 13.7. The summed E-state index contributed by atoms with van der Waals surface area (Å²) in [5.74, 6) is -1.32. The summed E-state index contributed by atoms with van der Waals surface area (Å²) in [4.78, 5) is 25.5. The van der Waals surface area contributed by atoms with Gasteiger partial charge in [-0.3, -0.25) is 9.59 Å². The largest absolute Gasteiger partial charge is 0.355 e. The van der Waals surface area contributed by atoms with Crippen LogP contribution in [0.3, 0.4) is 0 Å². The number of carbonyl (C=O) groups is 2. The van der Waals surface area contributed by atoms with Crippen LogP contribution in [0.25, 0.3) is 0 Å². The highest BCUT2D eigenvalue weighted by molar-refractivity contribution is 6.30. The third-order valence-corrected chi connectivity index (χ3v) is 3.58. The van der Waals surface area contributed by atoms with Gasteiger partial charge in [-0.05, 0) is 35.9 Å². The fourth-order valence-corrected chi connectivity index (χ4v) is 2.36. The third-order valence-electron chi connectivity index (χ3n) is 3.34. The molecule has 0 fully saturated rings. The minimum atomic E-state index is -0.600. The number of halogens is 2. The molecule has 0 saturated carbocycles. The Hall–Kier alpha value is -2.40. The average Bonchev–Trinajstić information content (AvgIpc) is 2.55. The second-order valence-corrected chi connectivity index (χ2v) is 5.50. The highest BCUT2D eigenvalue weighted by Crippen LogP contribution is 2.15. The van der Waals surface area contributed by atoms with Crippen molar-refractivity contribution in [3.05, 3.63) is 70.0 Å². The lowest BCUT2D eigenvalue weighted by molar-refractivity contribution is 0.0785. The number of hydrogen-bond donors (Lipinski definition) is 1. The highest BCUT2D eigenvalue weighted by Gasteiger charge is 2.15. The van der Waals surface area contributed by atoms with E-state index >= 15 is 0 Å². The molecule has 0 aromatic heterocycles. The van der Waals surface area contributed by atoms with Crippen LogP contribution < -0.4 is 5.32 Å². The van der Waals surface area contributed by atoms with Gasteiger partial charge >= 0.3 is 0 Å². The molecule has 2 aromatic rings. The summed E-state index contributed by atoms with van der Waals surface area (Å²) in [6.07, 6.45) is 0. The Kier molecular flexibility index (Phi) is 5.34. The van der Waals surface area contributed by atoms with E-state index in [0.29, 0.717) is 16.1 Å². The number of amides is 2. The van der Waals surface area contributed by atoms with Gasteiger partial charge in [0.2, 0.25) is 0 Å². The van der Waals surface area contributed by atoms with E-state index in [1.54, 1.807) is 37.4 Å². The van der Waals surface area contributed by atoms with Crippen molar-refractivity contribution in [2.24, 2.45) is 0 Å². The number of rotatable bonds is 4. The van der Waals surface area contributed by atoms with Gasteiger partial charge in [-0.2, -0.15) is 0 Å². The van der Waals surface area contributed by atoms with Crippen molar-refractivity contribution in [2.75, 3.05) is 14.1 Å². The molecule has 0 aliphatic heterocycles. The van der Waals surface area contributed by atoms with Gasteiger partial charge < -0.3 is 10.2 Å². The minimum Gasteiger partial charge on any atom is -0.355 e. The first kappa shape index (κ1) is 17.0. The lowest BCUT2D eigenvalue weighted by atomic mass is 10.1. The number of benzene rings is 2. The first-order valence-electron chi connectivity index (χ1n) is 6.94. The summed E-state index contributed by atoms with van der Waals surface area (Å²) >= 11 is 5.89. The van der Waals surface area contributed by atoms with E-state index in [4.69, 9.17) is 11.6 Å². The number of nitrogens with one attached hydrogen (secondary N) is 1. The molecule has 6 heteroatoms. The smallest absolute Gasteiger partial charge is 0.254 e. The minimum absolute atomic E-state index is 0.0476. The van der Waals surface area contributed by atoms with E-state index < -0.39 is 11.7 Å². The Morgan fingerprint density at radius 1 is 1.22 bits per heavy atom. The molecule has 0 aliphatic rings. The van der Waals surface area contributed by atoms with E-state index in [1.165, 1.54) is 24.1 Å². The Labute approximate surface area is 138 Å². The van der Waals surface area contributed by atoms with E-state index in [0.717, 1.165) is 0 Å². The molecule has 2 amide bonds. The van der Waals surface area contributed by atoms with Crippen molar-refractivity contribution >= 4 is 23.4 Å². The maximum absolute atomic E-state index is 13.7. The van der Waals surface area contributed by atoms with Crippen LogP contribution in [-0.4, -0.2) is 30.8 Å². The van der Waals surface area contributed by atoms with Crippen molar-refractivity contribution < 1.29 is 14.0 Å².